The van der Waals surface area contributed by atoms with Crippen LogP contribution >= 0.6 is 11.6 Å². The molecule has 0 heterocycles. The molecule has 0 aliphatic rings. The van der Waals surface area contributed by atoms with Crippen LogP contribution in [0.1, 0.15) is 11.1 Å². The van der Waals surface area contributed by atoms with Gasteiger partial charge in [-0.05, 0) is 41.5 Å². The van der Waals surface area contributed by atoms with Crippen LogP contribution in [0.3, 0.4) is 0 Å². The van der Waals surface area contributed by atoms with Crippen LogP contribution in [0.2, 0.25) is 5.02 Å². The second-order valence-electron chi connectivity index (χ2n) is 4.22. The van der Waals surface area contributed by atoms with Gasteiger partial charge in [0.05, 0.1) is 0 Å². The number of rotatable bonds is 5. The van der Waals surface area contributed by atoms with Crippen molar-refractivity contribution in [1.82, 2.24) is 0 Å². The van der Waals surface area contributed by atoms with E-state index in [0.29, 0.717) is 11.6 Å². The molecule has 0 unspecified atom stereocenters. The third kappa shape index (κ3) is 4.44. The van der Waals surface area contributed by atoms with Crippen LogP contribution in [-0.2, 0) is 11.4 Å². The Labute approximate surface area is 122 Å². The van der Waals surface area contributed by atoms with Gasteiger partial charge in [0, 0.05) is 11.1 Å². The number of halogens is 1. The first kappa shape index (κ1) is 14.2. The summed E-state index contributed by atoms with van der Waals surface area (Å²) in [6.07, 6.45) is 2.98. The van der Waals surface area contributed by atoms with Gasteiger partial charge in [0.25, 0.3) is 0 Å². The highest BCUT2D eigenvalue weighted by Crippen LogP contribution is 2.16. The zero-order chi connectivity index (χ0) is 14.4. The number of hydrogen-bond acceptors (Lipinski definition) is 2. The van der Waals surface area contributed by atoms with Gasteiger partial charge in [-0.3, -0.25) is 4.79 Å². The van der Waals surface area contributed by atoms with E-state index in [9.17, 15) is 4.79 Å². The molecule has 0 bridgehead atoms. The third-order valence-electron chi connectivity index (χ3n) is 2.61. The number of amides is 1. The number of hydrogen-bond donors (Lipinski definition) is 1. The predicted octanol–water partition coefficient (Wildman–Crippen LogP) is 3.42. The van der Waals surface area contributed by atoms with Crippen LogP contribution in [-0.4, -0.2) is 5.91 Å². The smallest absolute Gasteiger partial charge is 0.241 e. The number of benzene rings is 2. The highest BCUT2D eigenvalue weighted by Gasteiger charge is 1.97. The molecule has 0 aromatic heterocycles. The molecule has 2 aromatic carbocycles. The van der Waals surface area contributed by atoms with E-state index >= 15 is 0 Å². The van der Waals surface area contributed by atoms with Gasteiger partial charge in [-0.1, -0.05) is 35.9 Å². The zero-order valence-electron chi connectivity index (χ0n) is 10.8. The number of carbonyl (C=O) groups is 1. The number of primary amides is 1. The molecule has 1 amide bonds. The molecule has 2 rings (SSSR count). The van der Waals surface area contributed by atoms with Gasteiger partial charge in [-0.25, -0.2) is 0 Å². The second kappa shape index (κ2) is 6.78. The summed E-state index contributed by atoms with van der Waals surface area (Å²) in [5, 5.41) is 0.693. The maximum Gasteiger partial charge on any atom is 0.241 e. The maximum atomic E-state index is 10.6. The summed E-state index contributed by atoms with van der Waals surface area (Å²) in [6.45, 7) is 0.455. The molecule has 2 aromatic rings. The van der Waals surface area contributed by atoms with E-state index in [1.807, 2.05) is 48.5 Å². The summed E-state index contributed by atoms with van der Waals surface area (Å²) >= 11 is 5.91. The molecule has 0 radical (unpaired) electrons. The average molecular weight is 288 g/mol. The largest absolute Gasteiger partial charge is 0.489 e. The molecule has 102 valence electrons. The molecular formula is C16H14ClNO2. The lowest BCUT2D eigenvalue weighted by Crippen LogP contribution is -2.05. The van der Waals surface area contributed by atoms with Gasteiger partial charge < -0.3 is 10.5 Å². The number of ether oxygens (including phenoxy) is 1. The van der Waals surface area contributed by atoms with E-state index in [1.54, 1.807) is 6.08 Å². The highest BCUT2D eigenvalue weighted by molar-refractivity contribution is 6.30. The molecule has 3 nitrogen and oxygen atoms in total. The Morgan fingerprint density at radius 3 is 2.60 bits per heavy atom. The summed E-state index contributed by atoms with van der Waals surface area (Å²) in [4.78, 5) is 10.6. The SMILES string of the molecule is NC(=O)C=Cc1ccc(OCc2cccc(Cl)c2)cc1. The van der Waals surface area contributed by atoms with Crippen molar-refractivity contribution in [1.29, 1.82) is 0 Å². The fourth-order valence-corrected chi connectivity index (χ4v) is 1.86. The Kier molecular flexibility index (Phi) is 4.80. The molecule has 4 heteroatoms. The van der Waals surface area contributed by atoms with Crippen LogP contribution in [0.15, 0.2) is 54.6 Å². The van der Waals surface area contributed by atoms with Crippen LogP contribution in [0.5, 0.6) is 5.75 Å². The molecule has 0 saturated heterocycles. The van der Waals surface area contributed by atoms with Gasteiger partial charge in [0.15, 0.2) is 0 Å². The summed E-state index contributed by atoms with van der Waals surface area (Å²) in [7, 11) is 0. The van der Waals surface area contributed by atoms with Crippen molar-refractivity contribution in [2.45, 2.75) is 6.61 Å². The van der Waals surface area contributed by atoms with E-state index in [2.05, 4.69) is 0 Å². The average Bonchev–Trinajstić information content (AvgIpc) is 2.44. The normalized spacial score (nSPS) is 10.7. The van der Waals surface area contributed by atoms with Crippen LogP contribution < -0.4 is 10.5 Å². The molecule has 20 heavy (non-hydrogen) atoms. The minimum atomic E-state index is -0.466. The summed E-state index contributed by atoms with van der Waals surface area (Å²) in [6, 6.07) is 14.9. The Hall–Kier alpha value is -2.26. The van der Waals surface area contributed by atoms with Gasteiger partial charge in [-0.2, -0.15) is 0 Å². The molecule has 0 aliphatic heterocycles. The standard InChI is InChI=1S/C16H14ClNO2/c17-14-3-1-2-13(10-14)11-20-15-7-4-12(5-8-15)6-9-16(18)19/h1-10H,11H2,(H2,18,19). The van der Waals surface area contributed by atoms with E-state index in [-0.39, 0.29) is 0 Å². The first-order valence-corrected chi connectivity index (χ1v) is 6.46. The third-order valence-corrected chi connectivity index (χ3v) is 2.85. The van der Waals surface area contributed by atoms with Crippen LogP contribution in [0.25, 0.3) is 6.08 Å². The fraction of sp³-hybridized carbons (Fsp3) is 0.0625. The Bertz CT molecular complexity index is 621. The van der Waals surface area contributed by atoms with Crippen molar-refractivity contribution in [2.75, 3.05) is 0 Å². The van der Waals surface area contributed by atoms with Crippen LogP contribution in [0, 0.1) is 0 Å². The molecule has 0 saturated carbocycles. The summed E-state index contributed by atoms with van der Waals surface area (Å²) in [5.41, 5.74) is 6.93. The molecule has 2 N–H and O–H groups in total. The summed E-state index contributed by atoms with van der Waals surface area (Å²) < 4.78 is 5.65. The molecule has 0 fully saturated rings. The van der Waals surface area contributed by atoms with Gasteiger partial charge in [-0.15, -0.1) is 0 Å². The Morgan fingerprint density at radius 1 is 1.20 bits per heavy atom. The minimum Gasteiger partial charge on any atom is -0.489 e. The first-order valence-electron chi connectivity index (χ1n) is 6.08. The topological polar surface area (TPSA) is 52.3 Å². The van der Waals surface area contributed by atoms with E-state index in [1.165, 1.54) is 6.08 Å². The van der Waals surface area contributed by atoms with Crippen molar-refractivity contribution < 1.29 is 9.53 Å². The maximum absolute atomic E-state index is 10.6. The second-order valence-corrected chi connectivity index (χ2v) is 4.66. The van der Waals surface area contributed by atoms with Crippen molar-refractivity contribution in [3.8, 4) is 5.75 Å². The van der Waals surface area contributed by atoms with E-state index in [0.717, 1.165) is 16.9 Å². The quantitative estimate of drug-likeness (QED) is 0.857. The zero-order valence-corrected chi connectivity index (χ0v) is 11.5. The molecule has 0 aliphatic carbocycles. The molecular weight excluding hydrogens is 274 g/mol. The van der Waals surface area contributed by atoms with E-state index in [4.69, 9.17) is 22.1 Å². The fourth-order valence-electron chi connectivity index (χ4n) is 1.65. The van der Waals surface area contributed by atoms with Crippen molar-refractivity contribution >= 4 is 23.6 Å². The van der Waals surface area contributed by atoms with Crippen molar-refractivity contribution in [2.24, 2.45) is 5.73 Å². The van der Waals surface area contributed by atoms with Gasteiger partial charge in [0.1, 0.15) is 12.4 Å². The lowest BCUT2D eigenvalue weighted by Gasteiger charge is -2.06. The number of nitrogens with two attached hydrogens (primary N) is 1. The summed E-state index contributed by atoms with van der Waals surface area (Å²) in [5.74, 6) is 0.285. The predicted molar refractivity (Wildman–Crippen MR) is 80.5 cm³/mol. The van der Waals surface area contributed by atoms with E-state index < -0.39 is 5.91 Å². The monoisotopic (exact) mass is 287 g/mol. The Balaban J connectivity index is 1.95. The molecule has 0 spiro atoms. The molecule has 0 atom stereocenters. The van der Waals surface area contributed by atoms with Crippen molar-refractivity contribution in [3.63, 3.8) is 0 Å². The highest BCUT2D eigenvalue weighted by atomic mass is 35.5. The van der Waals surface area contributed by atoms with Gasteiger partial charge in [0.2, 0.25) is 5.91 Å². The lowest BCUT2D eigenvalue weighted by atomic mass is 10.2. The minimum absolute atomic E-state index is 0.455. The Morgan fingerprint density at radius 2 is 1.95 bits per heavy atom. The van der Waals surface area contributed by atoms with Crippen LogP contribution in [0.4, 0.5) is 0 Å². The number of carbonyl (C=O) groups excluding carboxylic acids is 1. The van der Waals surface area contributed by atoms with Crippen molar-refractivity contribution in [3.05, 3.63) is 70.8 Å². The van der Waals surface area contributed by atoms with Gasteiger partial charge >= 0.3 is 0 Å². The first-order chi connectivity index (χ1) is 9.63. The lowest BCUT2D eigenvalue weighted by molar-refractivity contribution is -0.113.